The Bertz CT molecular complexity index is 465. The topological polar surface area (TPSA) is 65.2 Å². The van der Waals surface area contributed by atoms with Crippen LogP contribution in [0.2, 0.25) is 0 Å². The summed E-state index contributed by atoms with van der Waals surface area (Å²) in [6, 6.07) is 6.82. The van der Waals surface area contributed by atoms with Gasteiger partial charge in [0.25, 0.3) is 0 Å². The Hall–Kier alpha value is -1.88. The van der Waals surface area contributed by atoms with E-state index in [0.29, 0.717) is 21.5 Å². The Labute approximate surface area is 90.3 Å². The predicted molar refractivity (Wildman–Crippen MR) is 58.4 cm³/mol. The van der Waals surface area contributed by atoms with Crippen LogP contribution in [0.4, 0.5) is 5.13 Å². The number of hydrogen-bond acceptors (Lipinski definition) is 5. The van der Waals surface area contributed by atoms with Crippen molar-refractivity contribution in [2.45, 2.75) is 0 Å². The standard InChI is InChI=1S/C10H8N2O2S/c11-10-12-5-9(15-10)14-8-3-1-7(6-13)2-4-8/h1-6H,(H2,11,12). The van der Waals surface area contributed by atoms with E-state index in [0.717, 1.165) is 6.29 Å². The number of carbonyl (C=O) groups is 1. The van der Waals surface area contributed by atoms with Crippen molar-refractivity contribution in [3.05, 3.63) is 36.0 Å². The first-order chi connectivity index (χ1) is 7.28. The normalized spacial score (nSPS) is 9.87. The van der Waals surface area contributed by atoms with Crippen LogP contribution in [0.5, 0.6) is 10.8 Å². The SMILES string of the molecule is Nc1ncc(Oc2ccc(C=O)cc2)s1. The number of rotatable bonds is 3. The summed E-state index contributed by atoms with van der Waals surface area (Å²) in [7, 11) is 0. The van der Waals surface area contributed by atoms with E-state index in [9.17, 15) is 4.79 Å². The molecule has 2 N–H and O–H groups in total. The first kappa shape index (κ1) is 9.67. The molecule has 0 fully saturated rings. The molecule has 0 aliphatic carbocycles. The van der Waals surface area contributed by atoms with Crippen molar-refractivity contribution in [1.29, 1.82) is 0 Å². The van der Waals surface area contributed by atoms with E-state index < -0.39 is 0 Å². The van der Waals surface area contributed by atoms with Gasteiger partial charge < -0.3 is 10.5 Å². The van der Waals surface area contributed by atoms with Crippen molar-refractivity contribution in [1.82, 2.24) is 4.98 Å². The van der Waals surface area contributed by atoms with E-state index in [2.05, 4.69) is 4.98 Å². The van der Waals surface area contributed by atoms with Gasteiger partial charge in [-0.3, -0.25) is 4.79 Å². The van der Waals surface area contributed by atoms with Crippen molar-refractivity contribution in [3.8, 4) is 10.8 Å². The van der Waals surface area contributed by atoms with Gasteiger partial charge >= 0.3 is 0 Å². The van der Waals surface area contributed by atoms with Gasteiger partial charge in [-0.05, 0) is 24.3 Å². The summed E-state index contributed by atoms with van der Waals surface area (Å²) in [5, 5.41) is 1.10. The molecule has 2 aromatic rings. The molecular weight excluding hydrogens is 212 g/mol. The fourth-order valence-electron chi connectivity index (χ4n) is 1.05. The molecule has 0 unspecified atom stereocenters. The highest BCUT2D eigenvalue weighted by atomic mass is 32.1. The van der Waals surface area contributed by atoms with E-state index in [4.69, 9.17) is 10.5 Å². The van der Waals surface area contributed by atoms with Crippen LogP contribution in [0.3, 0.4) is 0 Å². The number of nitrogen functional groups attached to an aromatic ring is 1. The van der Waals surface area contributed by atoms with Gasteiger partial charge in [0.15, 0.2) is 5.13 Å². The lowest BCUT2D eigenvalue weighted by atomic mass is 10.2. The molecule has 0 radical (unpaired) electrons. The van der Waals surface area contributed by atoms with Gasteiger partial charge in [0.1, 0.15) is 12.0 Å². The minimum absolute atomic E-state index is 0.467. The number of nitrogens with two attached hydrogens (primary N) is 1. The molecule has 5 heteroatoms. The molecule has 2 rings (SSSR count). The molecule has 0 amide bonds. The molecule has 0 bridgehead atoms. The maximum absolute atomic E-state index is 10.4. The molecule has 0 spiro atoms. The van der Waals surface area contributed by atoms with Crippen LogP contribution < -0.4 is 10.5 Å². The Morgan fingerprint density at radius 1 is 1.33 bits per heavy atom. The fourth-order valence-corrected chi connectivity index (χ4v) is 1.60. The Balaban J connectivity index is 2.14. The zero-order chi connectivity index (χ0) is 10.7. The smallest absolute Gasteiger partial charge is 0.202 e. The fraction of sp³-hybridized carbons (Fsp3) is 0. The highest BCUT2D eigenvalue weighted by Gasteiger charge is 2.01. The summed E-state index contributed by atoms with van der Waals surface area (Å²) in [5.74, 6) is 0.657. The summed E-state index contributed by atoms with van der Waals surface area (Å²) >= 11 is 1.27. The largest absolute Gasteiger partial charge is 0.445 e. The molecule has 0 aliphatic rings. The minimum atomic E-state index is 0.467. The average molecular weight is 220 g/mol. The van der Waals surface area contributed by atoms with Gasteiger partial charge in [-0.2, -0.15) is 0 Å². The van der Waals surface area contributed by atoms with Crippen molar-refractivity contribution < 1.29 is 9.53 Å². The van der Waals surface area contributed by atoms with Crippen LogP contribution >= 0.6 is 11.3 Å². The third-order valence-electron chi connectivity index (χ3n) is 1.74. The van der Waals surface area contributed by atoms with E-state index in [-0.39, 0.29) is 0 Å². The number of carbonyl (C=O) groups excluding carboxylic acids is 1. The molecule has 0 saturated carbocycles. The maximum atomic E-state index is 10.4. The van der Waals surface area contributed by atoms with E-state index >= 15 is 0 Å². The number of benzene rings is 1. The first-order valence-electron chi connectivity index (χ1n) is 4.22. The second-order valence-electron chi connectivity index (χ2n) is 2.81. The second-order valence-corrected chi connectivity index (χ2v) is 3.83. The first-order valence-corrected chi connectivity index (χ1v) is 5.04. The number of aromatic nitrogens is 1. The predicted octanol–water partition coefficient (Wildman–Crippen LogP) is 2.33. The zero-order valence-electron chi connectivity index (χ0n) is 7.71. The third kappa shape index (κ3) is 2.32. The van der Waals surface area contributed by atoms with Crippen molar-refractivity contribution >= 4 is 22.8 Å². The lowest BCUT2D eigenvalue weighted by Crippen LogP contribution is -1.82. The summed E-state index contributed by atoms with van der Waals surface area (Å²) < 4.78 is 5.46. The lowest BCUT2D eigenvalue weighted by molar-refractivity contribution is 0.112. The van der Waals surface area contributed by atoms with E-state index in [1.807, 2.05) is 0 Å². The maximum Gasteiger partial charge on any atom is 0.202 e. The molecule has 1 heterocycles. The quantitative estimate of drug-likeness (QED) is 0.806. The van der Waals surface area contributed by atoms with Crippen LogP contribution in [0.1, 0.15) is 10.4 Å². The van der Waals surface area contributed by atoms with Crippen LogP contribution in [0.15, 0.2) is 30.5 Å². The van der Waals surface area contributed by atoms with Gasteiger partial charge in [-0.15, -0.1) is 0 Å². The molecule has 76 valence electrons. The second kappa shape index (κ2) is 4.10. The van der Waals surface area contributed by atoms with E-state index in [1.54, 1.807) is 30.5 Å². The molecule has 0 atom stereocenters. The molecule has 4 nitrogen and oxygen atoms in total. The molecule has 1 aromatic heterocycles. The minimum Gasteiger partial charge on any atom is -0.445 e. The summed E-state index contributed by atoms with van der Waals surface area (Å²) in [6.07, 6.45) is 2.35. The molecule has 0 saturated heterocycles. The molecular formula is C10H8N2O2S. The van der Waals surface area contributed by atoms with Crippen LogP contribution in [0.25, 0.3) is 0 Å². The van der Waals surface area contributed by atoms with Gasteiger partial charge in [0, 0.05) is 5.56 Å². The lowest BCUT2D eigenvalue weighted by Gasteiger charge is -2.00. The highest BCUT2D eigenvalue weighted by molar-refractivity contribution is 7.17. The number of nitrogens with zero attached hydrogens (tertiary/aromatic N) is 1. The van der Waals surface area contributed by atoms with Gasteiger partial charge in [0.2, 0.25) is 5.06 Å². The third-order valence-corrected chi connectivity index (χ3v) is 2.44. The summed E-state index contributed by atoms with van der Waals surface area (Å²) in [4.78, 5) is 14.3. The number of thiazole rings is 1. The number of anilines is 1. The summed E-state index contributed by atoms with van der Waals surface area (Å²) in [5.41, 5.74) is 6.08. The van der Waals surface area contributed by atoms with Gasteiger partial charge in [-0.1, -0.05) is 11.3 Å². The summed E-state index contributed by atoms with van der Waals surface area (Å²) in [6.45, 7) is 0. The highest BCUT2D eigenvalue weighted by Crippen LogP contribution is 2.28. The zero-order valence-corrected chi connectivity index (χ0v) is 8.53. The molecule has 1 aromatic carbocycles. The van der Waals surface area contributed by atoms with Crippen molar-refractivity contribution in [2.24, 2.45) is 0 Å². The number of hydrogen-bond donors (Lipinski definition) is 1. The van der Waals surface area contributed by atoms with E-state index in [1.165, 1.54) is 11.3 Å². The van der Waals surface area contributed by atoms with Crippen molar-refractivity contribution in [3.63, 3.8) is 0 Å². The average Bonchev–Trinajstić information content (AvgIpc) is 2.65. The van der Waals surface area contributed by atoms with Crippen molar-refractivity contribution in [2.75, 3.05) is 5.73 Å². The van der Waals surface area contributed by atoms with Crippen LogP contribution in [-0.4, -0.2) is 11.3 Å². The number of aldehydes is 1. The Kier molecular flexibility index (Phi) is 2.64. The number of ether oxygens (including phenoxy) is 1. The van der Waals surface area contributed by atoms with Crippen LogP contribution in [-0.2, 0) is 0 Å². The monoisotopic (exact) mass is 220 g/mol. The van der Waals surface area contributed by atoms with Gasteiger partial charge in [0.05, 0.1) is 6.20 Å². The Morgan fingerprint density at radius 2 is 2.07 bits per heavy atom. The Morgan fingerprint density at radius 3 is 2.60 bits per heavy atom. The molecule has 0 aliphatic heterocycles. The van der Waals surface area contributed by atoms with Crippen LogP contribution in [0, 0.1) is 0 Å². The van der Waals surface area contributed by atoms with Gasteiger partial charge in [-0.25, -0.2) is 4.98 Å². The molecule has 15 heavy (non-hydrogen) atoms.